The van der Waals surface area contributed by atoms with Crippen LogP contribution >= 0.6 is 0 Å². The lowest BCUT2D eigenvalue weighted by Gasteiger charge is -2.19. The topological polar surface area (TPSA) is 47.6 Å². The van der Waals surface area contributed by atoms with Crippen molar-refractivity contribution in [2.24, 2.45) is 0 Å². The summed E-state index contributed by atoms with van der Waals surface area (Å²) in [6.45, 7) is 8.04. The van der Waals surface area contributed by atoms with Gasteiger partial charge in [-0.25, -0.2) is 0 Å². The van der Waals surface area contributed by atoms with Crippen molar-refractivity contribution in [2.45, 2.75) is 32.7 Å². The summed E-state index contributed by atoms with van der Waals surface area (Å²) in [5, 5.41) is 2.95. The van der Waals surface area contributed by atoms with E-state index in [-0.39, 0.29) is 11.3 Å². The number of nitrogens with one attached hydrogen (secondary N) is 1. The standard InChI is InChI=1S/C21H27NO3/c1-21(2,3)18-9-7-17(8-10-18)20(23)22-15-16-5-11-19(12-6-16)25-14-13-24-4/h5-12H,13-15H2,1-4H3,(H,22,23). The molecule has 1 amide bonds. The quantitative estimate of drug-likeness (QED) is 0.776. The first-order valence-corrected chi connectivity index (χ1v) is 8.49. The number of amides is 1. The third-order valence-electron chi connectivity index (χ3n) is 3.95. The maximum absolute atomic E-state index is 12.3. The molecule has 0 aliphatic rings. The molecule has 0 spiro atoms. The van der Waals surface area contributed by atoms with Crippen molar-refractivity contribution in [3.63, 3.8) is 0 Å². The Balaban J connectivity index is 1.87. The summed E-state index contributed by atoms with van der Waals surface area (Å²) in [6.07, 6.45) is 0. The van der Waals surface area contributed by atoms with Crippen molar-refractivity contribution in [3.8, 4) is 5.75 Å². The van der Waals surface area contributed by atoms with Gasteiger partial charge >= 0.3 is 0 Å². The molecule has 25 heavy (non-hydrogen) atoms. The summed E-state index contributed by atoms with van der Waals surface area (Å²) < 4.78 is 10.5. The minimum atomic E-state index is -0.0686. The summed E-state index contributed by atoms with van der Waals surface area (Å²) in [7, 11) is 1.64. The Morgan fingerprint density at radius 1 is 0.960 bits per heavy atom. The molecular weight excluding hydrogens is 314 g/mol. The second-order valence-corrected chi connectivity index (χ2v) is 7.00. The van der Waals surface area contributed by atoms with Crippen LogP contribution in [0.3, 0.4) is 0 Å². The van der Waals surface area contributed by atoms with Crippen LogP contribution in [0.25, 0.3) is 0 Å². The summed E-state index contributed by atoms with van der Waals surface area (Å²) in [5.41, 5.74) is 3.00. The first kappa shape index (κ1) is 19.0. The van der Waals surface area contributed by atoms with Crippen LogP contribution in [-0.4, -0.2) is 26.2 Å². The van der Waals surface area contributed by atoms with Gasteiger partial charge in [-0.2, -0.15) is 0 Å². The SMILES string of the molecule is COCCOc1ccc(CNC(=O)c2ccc(C(C)(C)C)cc2)cc1. The molecule has 0 aliphatic heterocycles. The Morgan fingerprint density at radius 3 is 2.16 bits per heavy atom. The van der Waals surface area contributed by atoms with E-state index in [1.54, 1.807) is 7.11 Å². The number of hydrogen-bond donors (Lipinski definition) is 1. The molecule has 0 bridgehead atoms. The van der Waals surface area contributed by atoms with Crippen molar-refractivity contribution < 1.29 is 14.3 Å². The van der Waals surface area contributed by atoms with Crippen molar-refractivity contribution in [1.82, 2.24) is 5.32 Å². The highest BCUT2D eigenvalue weighted by Crippen LogP contribution is 2.22. The van der Waals surface area contributed by atoms with Gasteiger partial charge in [0, 0.05) is 19.2 Å². The molecule has 0 saturated carbocycles. The van der Waals surface area contributed by atoms with E-state index >= 15 is 0 Å². The summed E-state index contributed by atoms with van der Waals surface area (Å²) in [6, 6.07) is 15.5. The molecule has 0 unspecified atom stereocenters. The lowest BCUT2D eigenvalue weighted by molar-refractivity contribution is 0.0951. The molecule has 0 radical (unpaired) electrons. The molecule has 2 aromatic carbocycles. The van der Waals surface area contributed by atoms with Gasteiger partial charge in [0.05, 0.1) is 6.61 Å². The van der Waals surface area contributed by atoms with Gasteiger partial charge in [-0.3, -0.25) is 4.79 Å². The molecule has 2 rings (SSSR count). The molecule has 134 valence electrons. The second-order valence-electron chi connectivity index (χ2n) is 7.00. The average molecular weight is 341 g/mol. The van der Waals surface area contributed by atoms with Gasteiger partial charge in [0.25, 0.3) is 5.91 Å². The Bertz CT molecular complexity index is 670. The van der Waals surface area contributed by atoms with Crippen molar-refractivity contribution in [2.75, 3.05) is 20.3 Å². The van der Waals surface area contributed by atoms with Gasteiger partial charge < -0.3 is 14.8 Å². The maximum Gasteiger partial charge on any atom is 0.251 e. The van der Waals surface area contributed by atoms with Gasteiger partial charge in [-0.05, 0) is 40.8 Å². The average Bonchev–Trinajstić information content (AvgIpc) is 2.60. The highest BCUT2D eigenvalue weighted by Gasteiger charge is 2.14. The van der Waals surface area contributed by atoms with Crippen LogP contribution in [0.2, 0.25) is 0 Å². The van der Waals surface area contributed by atoms with Crippen molar-refractivity contribution in [3.05, 3.63) is 65.2 Å². The van der Waals surface area contributed by atoms with E-state index in [1.807, 2.05) is 48.5 Å². The Morgan fingerprint density at radius 2 is 1.60 bits per heavy atom. The number of ether oxygens (including phenoxy) is 2. The lowest BCUT2D eigenvalue weighted by atomic mass is 9.87. The first-order chi connectivity index (χ1) is 11.9. The number of carbonyl (C=O) groups excluding carboxylic acids is 1. The summed E-state index contributed by atoms with van der Waals surface area (Å²) in [5.74, 6) is 0.728. The normalized spacial score (nSPS) is 11.2. The van der Waals surface area contributed by atoms with Gasteiger partial charge in [-0.1, -0.05) is 45.0 Å². The Hall–Kier alpha value is -2.33. The van der Waals surface area contributed by atoms with Crippen LogP contribution in [0.1, 0.15) is 42.3 Å². The number of carbonyl (C=O) groups is 1. The fourth-order valence-corrected chi connectivity index (χ4v) is 2.35. The lowest BCUT2D eigenvalue weighted by Crippen LogP contribution is -2.23. The van der Waals surface area contributed by atoms with Crippen molar-refractivity contribution >= 4 is 5.91 Å². The minimum Gasteiger partial charge on any atom is -0.491 e. The molecule has 4 nitrogen and oxygen atoms in total. The maximum atomic E-state index is 12.3. The smallest absolute Gasteiger partial charge is 0.251 e. The van der Waals surface area contributed by atoms with Crippen LogP contribution in [0, 0.1) is 0 Å². The Kier molecular flexibility index (Phi) is 6.59. The molecule has 0 atom stereocenters. The van der Waals surface area contributed by atoms with Gasteiger partial charge in [0.2, 0.25) is 0 Å². The molecule has 0 saturated heterocycles. The number of benzene rings is 2. The van der Waals surface area contributed by atoms with Crippen molar-refractivity contribution in [1.29, 1.82) is 0 Å². The summed E-state index contributed by atoms with van der Waals surface area (Å²) in [4.78, 5) is 12.3. The largest absolute Gasteiger partial charge is 0.491 e. The van der Waals surface area contributed by atoms with Crippen LogP contribution in [0.5, 0.6) is 5.75 Å². The highest BCUT2D eigenvalue weighted by molar-refractivity contribution is 5.94. The minimum absolute atomic E-state index is 0.0686. The van der Waals surface area contributed by atoms with Crippen LogP contribution in [0.4, 0.5) is 0 Å². The van der Waals surface area contributed by atoms with Crippen LogP contribution in [0.15, 0.2) is 48.5 Å². The predicted octanol–water partition coefficient (Wildman–Crippen LogP) is 3.94. The monoisotopic (exact) mass is 341 g/mol. The molecule has 4 heteroatoms. The van der Waals surface area contributed by atoms with Gasteiger partial charge in [-0.15, -0.1) is 0 Å². The van der Waals surface area contributed by atoms with E-state index in [9.17, 15) is 4.79 Å². The molecule has 0 fully saturated rings. The zero-order valence-corrected chi connectivity index (χ0v) is 15.5. The molecule has 1 N–H and O–H groups in total. The highest BCUT2D eigenvalue weighted by atomic mass is 16.5. The van der Waals surface area contributed by atoms with Crippen LogP contribution in [-0.2, 0) is 16.7 Å². The van der Waals surface area contributed by atoms with E-state index in [4.69, 9.17) is 9.47 Å². The zero-order valence-electron chi connectivity index (χ0n) is 15.5. The third kappa shape index (κ3) is 5.91. The van der Waals surface area contributed by atoms with Crippen LogP contribution < -0.4 is 10.1 Å². The predicted molar refractivity (Wildman–Crippen MR) is 100 cm³/mol. The van der Waals surface area contributed by atoms with E-state index in [0.717, 1.165) is 11.3 Å². The number of rotatable bonds is 7. The Labute approximate surface area is 150 Å². The van der Waals surface area contributed by atoms with Gasteiger partial charge in [0.15, 0.2) is 0 Å². The zero-order chi connectivity index (χ0) is 18.3. The molecule has 0 heterocycles. The first-order valence-electron chi connectivity index (χ1n) is 8.49. The molecular formula is C21H27NO3. The molecule has 0 aliphatic carbocycles. The van der Waals surface area contributed by atoms with E-state index < -0.39 is 0 Å². The number of hydrogen-bond acceptors (Lipinski definition) is 3. The summed E-state index contributed by atoms with van der Waals surface area (Å²) >= 11 is 0. The third-order valence-corrected chi connectivity index (χ3v) is 3.95. The fraction of sp³-hybridized carbons (Fsp3) is 0.381. The second kappa shape index (κ2) is 8.67. The van der Waals surface area contributed by atoms with E-state index in [1.165, 1.54) is 5.56 Å². The fourth-order valence-electron chi connectivity index (χ4n) is 2.35. The molecule has 2 aromatic rings. The van der Waals surface area contributed by atoms with E-state index in [2.05, 4.69) is 26.1 Å². The number of methoxy groups -OCH3 is 1. The molecule has 0 aromatic heterocycles. The van der Waals surface area contributed by atoms with Gasteiger partial charge in [0.1, 0.15) is 12.4 Å². The van der Waals surface area contributed by atoms with E-state index in [0.29, 0.717) is 25.3 Å².